The minimum Gasteiger partial charge on any atom is -0.310 e. The van der Waals surface area contributed by atoms with E-state index in [0.29, 0.717) is 0 Å². The third kappa shape index (κ3) is 6.01. The number of hydrogen-bond donors (Lipinski definition) is 0. The molecule has 11 rings (SSSR count). The fraction of sp³-hybridized carbons (Fsp3) is 0.0508. The first-order chi connectivity index (χ1) is 29.5. The van der Waals surface area contributed by atoms with E-state index in [9.17, 15) is 0 Å². The van der Waals surface area contributed by atoms with E-state index in [1.54, 1.807) is 0 Å². The summed E-state index contributed by atoms with van der Waals surface area (Å²) in [6.07, 6.45) is 0. The summed E-state index contributed by atoms with van der Waals surface area (Å²) >= 11 is 0. The molecular formula is C59H43N. The van der Waals surface area contributed by atoms with Crippen molar-refractivity contribution in [2.45, 2.75) is 19.3 Å². The number of anilines is 3. The van der Waals surface area contributed by atoms with Crippen molar-refractivity contribution in [2.75, 3.05) is 4.90 Å². The van der Waals surface area contributed by atoms with Crippen molar-refractivity contribution in [3.63, 3.8) is 0 Å². The summed E-state index contributed by atoms with van der Waals surface area (Å²) in [6.45, 7) is 4.73. The lowest BCUT2D eigenvalue weighted by atomic mass is 9.82. The topological polar surface area (TPSA) is 3.24 Å². The minimum atomic E-state index is -0.146. The molecule has 0 saturated heterocycles. The van der Waals surface area contributed by atoms with Gasteiger partial charge in [-0.2, -0.15) is 0 Å². The largest absolute Gasteiger partial charge is 0.310 e. The van der Waals surface area contributed by atoms with Crippen LogP contribution in [-0.4, -0.2) is 0 Å². The quantitative estimate of drug-likeness (QED) is 0.146. The third-order valence-corrected chi connectivity index (χ3v) is 12.7. The summed E-state index contributed by atoms with van der Waals surface area (Å²) < 4.78 is 0. The zero-order valence-electron chi connectivity index (χ0n) is 33.8. The van der Waals surface area contributed by atoms with E-state index in [4.69, 9.17) is 0 Å². The average molecular weight is 766 g/mol. The molecule has 0 bridgehead atoms. The maximum absolute atomic E-state index is 2.49. The second kappa shape index (κ2) is 14.4. The highest BCUT2D eigenvalue weighted by atomic mass is 15.1. The number of benzene rings is 10. The summed E-state index contributed by atoms with van der Waals surface area (Å²) in [5.74, 6) is 0. The van der Waals surface area contributed by atoms with Crippen molar-refractivity contribution >= 4 is 38.6 Å². The second-order valence-electron chi connectivity index (χ2n) is 16.5. The average Bonchev–Trinajstić information content (AvgIpc) is 3.54. The molecule has 0 radical (unpaired) electrons. The van der Waals surface area contributed by atoms with Crippen LogP contribution < -0.4 is 4.90 Å². The molecule has 10 aromatic carbocycles. The summed E-state index contributed by atoms with van der Waals surface area (Å²) in [4.78, 5) is 2.49. The maximum atomic E-state index is 2.49. The first kappa shape index (κ1) is 35.7. The van der Waals surface area contributed by atoms with Crippen LogP contribution in [0.1, 0.15) is 25.0 Å². The van der Waals surface area contributed by atoms with Crippen molar-refractivity contribution in [1.82, 2.24) is 0 Å². The van der Waals surface area contributed by atoms with Crippen LogP contribution in [0.5, 0.6) is 0 Å². The molecule has 0 spiro atoms. The smallest absolute Gasteiger partial charge is 0.0546 e. The molecule has 1 aliphatic carbocycles. The molecule has 284 valence electrons. The van der Waals surface area contributed by atoms with Gasteiger partial charge in [0.15, 0.2) is 0 Å². The van der Waals surface area contributed by atoms with Crippen LogP contribution >= 0.6 is 0 Å². The minimum absolute atomic E-state index is 0.146. The SMILES string of the molecule is CC1(C)c2ccccc2-c2ccc(N(c3ccc(-c4ccccc4)cc3)c3cccc(-c4cccc(-c5ccccc5)c4)c3-c3ccc4ccc5ccccc5c4c3)cc21. The molecule has 0 amide bonds. The molecule has 0 N–H and O–H groups in total. The maximum Gasteiger partial charge on any atom is 0.0546 e. The van der Waals surface area contributed by atoms with E-state index < -0.39 is 0 Å². The second-order valence-corrected chi connectivity index (χ2v) is 16.5. The highest BCUT2D eigenvalue weighted by Gasteiger charge is 2.36. The fourth-order valence-electron chi connectivity index (χ4n) is 9.62. The van der Waals surface area contributed by atoms with Crippen LogP contribution in [0.2, 0.25) is 0 Å². The highest BCUT2D eigenvalue weighted by Crippen LogP contribution is 2.52. The van der Waals surface area contributed by atoms with Gasteiger partial charge in [-0.25, -0.2) is 0 Å². The Morgan fingerprint density at radius 2 is 0.867 bits per heavy atom. The summed E-state index contributed by atoms with van der Waals surface area (Å²) in [5, 5.41) is 4.99. The van der Waals surface area contributed by atoms with Crippen molar-refractivity contribution in [2.24, 2.45) is 0 Å². The van der Waals surface area contributed by atoms with Gasteiger partial charge in [0.25, 0.3) is 0 Å². The zero-order chi connectivity index (χ0) is 40.2. The van der Waals surface area contributed by atoms with Crippen LogP contribution in [0.15, 0.2) is 224 Å². The lowest BCUT2D eigenvalue weighted by Crippen LogP contribution is -2.17. The van der Waals surface area contributed by atoms with Crippen molar-refractivity contribution in [3.05, 3.63) is 236 Å². The number of rotatable bonds is 7. The molecular weight excluding hydrogens is 723 g/mol. The number of fused-ring (bicyclic) bond motifs is 6. The van der Waals surface area contributed by atoms with Crippen molar-refractivity contribution in [1.29, 1.82) is 0 Å². The Kier molecular flexibility index (Phi) is 8.57. The van der Waals surface area contributed by atoms with Gasteiger partial charge in [0, 0.05) is 22.4 Å². The summed E-state index contributed by atoms with van der Waals surface area (Å²) in [6, 6.07) is 82.6. The van der Waals surface area contributed by atoms with Gasteiger partial charge in [0.05, 0.1) is 5.69 Å². The van der Waals surface area contributed by atoms with Gasteiger partial charge in [0.1, 0.15) is 0 Å². The van der Waals surface area contributed by atoms with E-state index in [0.717, 1.165) is 17.1 Å². The lowest BCUT2D eigenvalue weighted by Gasteiger charge is -2.31. The first-order valence-corrected chi connectivity index (χ1v) is 20.9. The Labute approximate surface area is 352 Å². The standard InChI is InChI=1S/C59H43N/c1-59(2)55-25-12-11-23-52(55)53-36-35-49(39-56(53)59)60(48-33-31-42(32-34-48)40-15-5-3-6-16-40)57-26-14-24-51(46-21-13-20-45(37-46)41-17-7-4-8-18-41)58(57)47-30-29-44-28-27-43-19-9-10-22-50(43)54(44)38-47/h3-39H,1-2H3. The Morgan fingerprint density at radius 3 is 1.67 bits per heavy atom. The fourth-order valence-corrected chi connectivity index (χ4v) is 9.62. The molecule has 0 aromatic heterocycles. The molecule has 0 fully saturated rings. The van der Waals surface area contributed by atoms with Crippen LogP contribution in [0.3, 0.4) is 0 Å². The van der Waals surface area contributed by atoms with E-state index in [2.05, 4.69) is 243 Å². The lowest BCUT2D eigenvalue weighted by molar-refractivity contribution is 0.660. The molecule has 0 unspecified atom stereocenters. The molecule has 60 heavy (non-hydrogen) atoms. The molecule has 0 aliphatic heterocycles. The van der Waals surface area contributed by atoms with Gasteiger partial charge in [0.2, 0.25) is 0 Å². The Bertz CT molecular complexity index is 3210. The molecule has 1 aliphatic rings. The Balaban J connectivity index is 1.18. The number of nitrogens with zero attached hydrogens (tertiary/aromatic N) is 1. The van der Waals surface area contributed by atoms with Gasteiger partial charge < -0.3 is 4.90 Å². The predicted octanol–water partition coefficient (Wildman–Crippen LogP) is 16.4. The van der Waals surface area contributed by atoms with Gasteiger partial charge in [-0.3, -0.25) is 0 Å². The van der Waals surface area contributed by atoms with Crippen molar-refractivity contribution < 1.29 is 0 Å². The van der Waals surface area contributed by atoms with E-state index >= 15 is 0 Å². The van der Waals surface area contributed by atoms with Gasteiger partial charge >= 0.3 is 0 Å². The Morgan fingerprint density at radius 1 is 0.317 bits per heavy atom. The van der Waals surface area contributed by atoms with E-state index in [-0.39, 0.29) is 5.41 Å². The number of hydrogen-bond acceptors (Lipinski definition) is 1. The first-order valence-electron chi connectivity index (χ1n) is 20.9. The van der Waals surface area contributed by atoms with Crippen LogP contribution in [0.4, 0.5) is 17.1 Å². The van der Waals surface area contributed by atoms with E-state index in [1.165, 1.54) is 88.3 Å². The molecule has 1 nitrogen and oxygen atoms in total. The molecule has 0 saturated carbocycles. The monoisotopic (exact) mass is 765 g/mol. The van der Waals surface area contributed by atoms with Crippen LogP contribution in [-0.2, 0) is 5.41 Å². The van der Waals surface area contributed by atoms with Crippen molar-refractivity contribution in [3.8, 4) is 55.6 Å². The Hall–Kier alpha value is -7.48. The van der Waals surface area contributed by atoms with Gasteiger partial charge in [-0.15, -0.1) is 0 Å². The predicted molar refractivity (Wildman–Crippen MR) is 255 cm³/mol. The molecule has 0 atom stereocenters. The molecule has 1 heteroatoms. The molecule has 10 aromatic rings. The van der Waals surface area contributed by atoms with Gasteiger partial charge in [-0.05, 0) is 125 Å². The third-order valence-electron chi connectivity index (χ3n) is 12.7. The van der Waals surface area contributed by atoms with Crippen LogP contribution in [0, 0.1) is 0 Å². The van der Waals surface area contributed by atoms with Gasteiger partial charge in [-0.1, -0.05) is 196 Å². The normalized spacial score (nSPS) is 12.6. The summed E-state index contributed by atoms with van der Waals surface area (Å²) in [5.41, 5.74) is 18.1. The van der Waals surface area contributed by atoms with E-state index in [1.807, 2.05) is 0 Å². The zero-order valence-corrected chi connectivity index (χ0v) is 33.8. The summed E-state index contributed by atoms with van der Waals surface area (Å²) in [7, 11) is 0. The highest BCUT2D eigenvalue weighted by molar-refractivity contribution is 6.10. The van der Waals surface area contributed by atoms with Crippen LogP contribution in [0.25, 0.3) is 77.2 Å². The molecule has 0 heterocycles.